The van der Waals surface area contributed by atoms with Gasteiger partial charge in [0.25, 0.3) is 0 Å². The molecular weight excluding hydrogens is 388 g/mol. The van der Waals surface area contributed by atoms with Crippen LogP contribution < -0.4 is 0 Å². The first-order chi connectivity index (χ1) is 14.2. The summed E-state index contributed by atoms with van der Waals surface area (Å²) >= 11 is 1.50. The minimum absolute atomic E-state index is 0.500. The fourth-order valence-electron chi connectivity index (χ4n) is 2.75. The lowest BCUT2D eigenvalue weighted by atomic mass is 10.1. The molecule has 8 nitrogen and oxygen atoms in total. The maximum absolute atomic E-state index is 5.41. The molecule has 0 radical (unpaired) electrons. The number of nitrogens with zero attached hydrogens (tertiary/aromatic N) is 6. The summed E-state index contributed by atoms with van der Waals surface area (Å²) in [4.78, 5) is 8.56. The predicted molar refractivity (Wildman–Crippen MR) is 109 cm³/mol. The van der Waals surface area contributed by atoms with Crippen LogP contribution in [0.2, 0.25) is 0 Å². The van der Waals surface area contributed by atoms with Crippen molar-refractivity contribution in [2.75, 3.05) is 13.7 Å². The number of methoxy groups -OCH3 is 1. The van der Waals surface area contributed by atoms with Crippen molar-refractivity contribution in [2.24, 2.45) is 0 Å². The van der Waals surface area contributed by atoms with Gasteiger partial charge in [-0.05, 0) is 19.1 Å². The minimum atomic E-state index is 0.500. The van der Waals surface area contributed by atoms with Crippen molar-refractivity contribution in [1.82, 2.24) is 29.9 Å². The highest BCUT2D eigenvalue weighted by molar-refractivity contribution is 7.98. The first kappa shape index (κ1) is 19.3. The van der Waals surface area contributed by atoms with Crippen LogP contribution in [-0.4, -0.2) is 43.6 Å². The summed E-state index contributed by atoms with van der Waals surface area (Å²) < 4.78 is 12.7. The van der Waals surface area contributed by atoms with Gasteiger partial charge in [-0.1, -0.05) is 46.7 Å². The number of ether oxygens (including phenoxy) is 1. The maximum atomic E-state index is 5.41. The molecule has 0 aliphatic heterocycles. The molecule has 29 heavy (non-hydrogen) atoms. The average molecular weight is 408 g/mol. The second-order valence-corrected chi connectivity index (χ2v) is 7.30. The summed E-state index contributed by atoms with van der Waals surface area (Å²) in [5.41, 5.74) is 3.07. The highest BCUT2D eigenvalue weighted by Gasteiger charge is 2.16. The summed E-state index contributed by atoms with van der Waals surface area (Å²) in [6.07, 6.45) is 3.48. The van der Waals surface area contributed by atoms with Gasteiger partial charge >= 0.3 is 0 Å². The largest absolute Gasteiger partial charge is 0.383 e. The molecule has 0 saturated heterocycles. The lowest BCUT2D eigenvalue weighted by Gasteiger charge is -2.08. The van der Waals surface area contributed by atoms with Crippen LogP contribution in [0.25, 0.3) is 22.8 Å². The molecule has 0 bridgehead atoms. The molecule has 4 aromatic rings. The zero-order valence-corrected chi connectivity index (χ0v) is 17.0. The highest BCUT2D eigenvalue weighted by Crippen LogP contribution is 2.26. The lowest BCUT2D eigenvalue weighted by molar-refractivity contribution is 0.185. The quantitative estimate of drug-likeness (QED) is 0.408. The number of aryl methyl sites for hydroxylation is 1. The van der Waals surface area contributed by atoms with E-state index in [4.69, 9.17) is 9.26 Å². The van der Waals surface area contributed by atoms with Crippen LogP contribution in [0, 0.1) is 6.92 Å². The molecule has 0 atom stereocenters. The Morgan fingerprint density at radius 3 is 2.59 bits per heavy atom. The minimum Gasteiger partial charge on any atom is -0.383 e. The van der Waals surface area contributed by atoms with Crippen LogP contribution in [0.15, 0.2) is 58.5 Å². The first-order valence-corrected chi connectivity index (χ1v) is 10.1. The Bertz CT molecular complexity index is 1060. The smallest absolute Gasteiger partial charge is 0.237 e. The number of aromatic nitrogens is 6. The molecule has 0 amide bonds. The number of pyridine rings is 1. The van der Waals surface area contributed by atoms with Crippen molar-refractivity contribution in [3.8, 4) is 22.8 Å². The topological polar surface area (TPSA) is 91.8 Å². The van der Waals surface area contributed by atoms with Crippen molar-refractivity contribution < 1.29 is 9.26 Å². The van der Waals surface area contributed by atoms with Gasteiger partial charge in [-0.2, -0.15) is 4.98 Å². The number of hydrogen-bond acceptors (Lipinski definition) is 8. The molecule has 0 aliphatic rings. The van der Waals surface area contributed by atoms with Crippen molar-refractivity contribution in [1.29, 1.82) is 0 Å². The van der Waals surface area contributed by atoms with Gasteiger partial charge in [0.15, 0.2) is 11.0 Å². The van der Waals surface area contributed by atoms with Crippen LogP contribution in [0.3, 0.4) is 0 Å². The van der Waals surface area contributed by atoms with E-state index in [1.807, 2.05) is 47.9 Å². The van der Waals surface area contributed by atoms with E-state index in [2.05, 4.69) is 25.3 Å². The fourth-order valence-corrected chi connectivity index (χ4v) is 3.56. The van der Waals surface area contributed by atoms with E-state index < -0.39 is 0 Å². The van der Waals surface area contributed by atoms with Gasteiger partial charge in [0.2, 0.25) is 11.7 Å². The van der Waals surface area contributed by atoms with Crippen molar-refractivity contribution in [2.45, 2.75) is 24.4 Å². The third kappa shape index (κ3) is 4.52. The molecular formula is C20H20N6O2S. The normalized spacial score (nSPS) is 11.1. The Balaban J connectivity index is 1.51. The summed E-state index contributed by atoms with van der Waals surface area (Å²) in [5, 5.41) is 13.6. The van der Waals surface area contributed by atoms with E-state index in [1.165, 1.54) is 17.3 Å². The van der Waals surface area contributed by atoms with Gasteiger partial charge in [0, 0.05) is 30.6 Å². The van der Waals surface area contributed by atoms with Crippen LogP contribution >= 0.6 is 11.8 Å². The molecule has 148 valence electrons. The fraction of sp³-hybridized carbons (Fsp3) is 0.250. The predicted octanol–water partition coefficient (Wildman–Crippen LogP) is 3.64. The molecule has 0 aliphatic carbocycles. The van der Waals surface area contributed by atoms with Gasteiger partial charge < -0.3 is 9.26 Å². The molecule has 0 saturated carbocycles. The summed E-state index contributed by atoms with van der Waals surface area (Å²) in [7, 11) is 1.67. The number of benzene rings is 1. The third-order valence-electron chi connectivity index (χ3n) is 4.28. The number of hydrogen-bond donors (Lipinski definition) is 0. The van der Waals surface area contributed by atoms with Gasteiger partial charge in [-0.25, -0.2) is 0 Å². The van der Waals surface area contributed by atoms with E-state index in [9.17, 15) is 0 Å². The zero-order chi connectivity index (χ0) is 20.1. The molecule has 3 heterocycles. The van der Waals surface area contributed by atoms with E-state index in [0.717, 1.165) is 22.1 Å². The Hall–Kier alpha value is -3.04. The Morgan fingerprint density at radius 1 is 1.03 bits per heavy atom. The molecule has 0 N–H and O–H groups in total. The van der Waals surface area contributed by atoms with Crippen molar-refractivity contribution in [3.05, 3.63) is 60.2 Å². The van der Waals surface area contributed by atoms with Crippen LogP contribution in [0.1, 0.15) is 11.5 Å². The Labute approximate surface area is 172 Å². The van der Waals surface area contributed by atoms with Crippen molar-refractivity contribution >= 4 is 11.8 Å². The molecule has 3 aromatic heterocycles. The van der Waals surface area contributed by atoms with Gasteiger partial charge in [0.1, 0.15) is 0 Å². The molecule has 9 heteroatoms. The average Bonchev–Trinajstić information content (AvgIpc) is 3.39. The molecule has 0 fully saturated rings. The van der Waals surface area contributed by atoms with Crippen LogP contribution in [-0.2, 0) is 17.0 Å². The third-order valence-corrected chi connectivity index (χ3v) is 5.23. The highest BCUT2D eigenvalue weighted by atomic mass is 32.2. The van der Waals surface area contributed by atoms with E-state index in [-0.39, 0.29) is 0 Å². The maximum Gasteiger partial charge on any atom is 0.237 e. The molecule has 1 aromatic carbocycles. The number of thioether (sulfide) groups is 1. The summed E-state index contributed by atoms with van der Waals surface area (Å²) in [6, 6.07) is 11.8. The standard InChI is InChI=1S/C20H20N6O2S/c1-14-3-5-15(6-4-14)18-22-17(28-25-18)13-29-20-24-23-19(26(20)11-12-27-2)16-7-9-21-10-8-16/h3-10H,11-13H2,1-2H3. The van der Waals surface area contributed by atoms with Crippen LogP contribution in [0.4, 0.5) is 0 Å². The van der Waals surface area contributed by atoms with E-state index in [0.29, 0.717) is 30.6 Å². The Kier molecular flexibility index (Phi) is 5.97. The summed E-state index contributed by atoms with van der Waals surface area (Å²) in [6.45, 7) is 3.24. The van der Waals surface area contributed by atoms with Crippen LogP contribution in [0.5, 0.6) is 0 Å². The lowest BCUT2D eigenvalue weighted by Crippen LogP contribution is -2.07. The second-order valence-electron chi connectivity index (χ2n) is 6.35. The first-order valence-electron chi connectivity index (χ1n) is 9.09. The second kappa shape index (κ2) is 8.97. The Morgan fingerprint density at radius 2 is 1.83 bits per heavy atom. The van der Waals surface area contributed by atoms with Gasteiger partial charge in [0.05, 0.1) is 18.9 Å². The number of rotatable bonds is 8. The van der Waals surface area contributed by atoms with Gasteiger partial charge in [-0.3, -0.25) is 9.55 Å². The van der Waals surface area contributed by atoms with Gasteiger partial charge in [-0.15, -0.1) is 10.2 Å². The van der Waals surface area contributed by atoms with E-state index >= 15 is 0 Å². The monoisotopic (exact) mass is 408 g/mol. The molecule has 0 unspecified atom stereocenters. The van der Waals surface area contributed by atoms with E-state index in [1.54, 1.807) is 19.5 Å². The van der Waals surface area contributed by atoms with Crippen molar-refractivity contribution in [3.63, 3.8) is 0 Å². The molecule has 4 rings (SSSR count). The summed E-state index contributed by atoms with van der Waals surface area (Å²) in [5.74, 6) is 2.40. The SMILES string of the molecule is COCCn1c(SCc2nc(-c3ccc(C)cc3)no2)nnc1-c1ccncc1. The zero-order valence-electron chi connectivity index (χ0n) is 16.1. The molecule has 0 spiro atoms.